The highest BCUT2D eigenvalue weighted by Crippen LogP contribution is 2.26. The van der Waals surface area contributed by atoms with Crippen molar-refractivity contribution in [2.45, 2.75) is 18.6 Å². The van der Waals surface area contributed by atoms with Gasteiger partial charge in [-0.15, -0.1) is 0 Å². The molecule has 0 bridgehead atoms. The van der Waals surface area contributed by atoms with E-state index in [0.717, 1.165) is 6.07 Å². The maximum atomic E-state index is 13.6. The average Bonchev–Trinajstić information content (AvgIpc) is 2.34. The van der Waals surface area contributed by atoms with Gasteiger partial charge in [0.05, 0.1) is 5.56 Å². The molecule has 1 atom stereocenters. The molecule has 1 N–H and O–H groups in total. The summed E-state index contributed by atoms with van der Waals surface area (Å²) in [5.41, 5.74) is -0.590. The highest BCUT2D eigenvalue weighted by atomic mass is 32.2. The molecule has 1 unspecified atom stereocenters. The van der Waals surface area contributed by atoms with Crippen LogP contribution in [0, 0.1) is 5.82 Å². The van der Waals surface area contributed by atoms with Gasteiger partial charge in [0, 0.05) is 0 Å². The lowest BCUT2D eigenvalue weighted by Crippen LogP contribution is -2.39. The van der Waals surface area contributed by atoms with Crippen LogP contribution in [0.3, 0.4) is 0 Å². The molecule has 122 valence electrons. The molecule has 0 fully saturated rings. The van der Waals surface area contributed by atoms with Crippen LogP contribution in [0.4, 0.5) is 17.6 Å². The van der Waals surface area contributed by atoms with Crippen molar-refractivity contribution in [1.82, 2.24) is 0 Å². The normalized spacial score (nSPS) is 13.7. The summed E-state index contributed by atoms with van der Waals surface area (Å²) in [5.74, 6) is -4.60. The first-order valence-electron chi connectivity index (χ1n) is 5.96. The molecule has 0 saturated carbocycles. The van der Waals surface area contributed by atoms with E-state index >= 15 is 0 Å². The molecule has 0 spiro atoms. The Bertz CT molecular complexity index is 659. The Kier molecular flexibility index (Phi) is 5.57. The van der Waals surface area contributed by atoms with Gasteiger partial charge in [-0.25, -0.2) is 9.18 Å². The molecular formula is C11H11BF4O5S. The third kappa shape index (κ3) is 4.99. The van der Waals surface area contributed by atoms with Crippen molar-refractivity contribution in [3.05, 3.63) is 35.1 Å². The number of esters is 1. The van der Waals surface area contributed by atoms with E-state index in [2.05, 4.69) is 4.74 Å². The Hall–Kier alpha value is -1.62. The highest BCUT2D eigenvalue weighted by Gasteiger charge is 2.46. The van der Waals surface area contributed by atoms with E-state index in [0.29, 0.717) is 0 Å². The Morgan fingerprint density at radius 1 is 1.36 bits per heavy atom. The van der Waals surface area contributed by atoms with Crippen molar-refractivity contribution < 1.29 is 40.1 Å². The van der Waals surface area contributed by atoms with Crippen LogP contribution >= 0.6 is 0 Å². The first kappa shape index (κ1) is 18.4. The van der Waals surface area contributed by atoms with Crippen molar-refractivity contribution in [2.24, 2.45) is 0 Å². The van der Waals surface area contributed by atoms with Gasteiger partial charge in [0.1, 0.15) is 19.4 Å². The number of carbonyl (C=O) groups excluding carboxylic acids is 1. The zero-order valence-electron chi connectivity index (χ0n) is 11.2. The van der Waals surface area contributed by atoms with Crippen molar-refractivity contribution in [1.29, 1.82) is 0 Å². The van der Waals surface area contributed by atoms with Crippen molar-refractivity contribution in [3.63, 3.8) is 0 Å². The van der Waals surface area contributed by atoms with E-state index in [1.54, 1.807) is 7.85 Å². The van der Waals surface area contributed by atoms with E-state index < -0.39 is 45.5 Å². The van der Waals surface area contributed by atoms with E-state index in [1.165, 1.54) is 12.1 Å². The van der Waals surface area contributed by atoms with Crippen LogP contribution in [0.25, 0.3) is 0 Å². The van der Waals surface area contributed by atoms with Gasteiger partial charge in [-0.05, 0) is 11.6 Å². The van der Waals surface area contributed by atoms with Crippen LogP contribution < -0.4 is 0 Å². The van der Waals surface area contributed by atoms with Gasteiger partial charge in [-0.1, -0.05) is 18.5 Å². The fourth-order valence-electron chi connectivity index (χ4n) is 1.67. The molecule has 0 aliphatic heterocycles. The Balaban J connectivity index is 3.12. The van der Waals surface area contributed by atoms with E-state index in [1.807, 2.05) is 0 Å². The van der Waals surface area contributed by atoms with Crippen LogP contribution in [-0.4, -0.2) is 44.8 Å². The molecule has 1 aromatic carbocycles. The average molecular weight is 342 g/mol. The number of alkyl halides is 3. The summed E-state index contributed by atoms with van der Waals surface area (Å²) in [6, 6.07) is 3.45. The van der Waals surface area contributed by atoms with Crippen LogP contribution in [0.1, 0.15) is 15.9 Å². The van der Waals surface area contributed by atoms with Gasteiger partial charge in [-0.3, -0.25) is 4.55 Å². The second kappa shape index (κ2) is 6.65. The second-order valence-electron chi connectivity index (χ2n) is 4.31. The Morgan fingerprint density at radius 3 is 2.41 bits per heavy atom. The molecule has 0 aliphatic carbocycles. The molecule has 11 heteroatoms. The lowest BCUT2D eigenvalue weighted by Gasteiger charge is -2.20. The first-order chi connectivity index (χ1) is 9.95. The van der Waals surface area contributed by atoms with Crippen LogP contribution in [0.15, 0.2) is 18.2 Å². The molecule has 0 amide bonds. The summed E-state index contributed by atoms with van der Waals surface area (Å²) >= 11 is 0. The number of hydrogen-bond donors (Lipinski definition) is 1. The van der Waals surface area contributed by atoms with E-state index in [-0.39, 0.29) is 11.9 Å². The highest BCUT2D eigenvalue weighted by molar-refractivity contribution is 7.85. The molecule has 0 aliphatic rings. The molecule has 22 heavy (non-hydrogen) atoms. The monoisotopic (exact) mass is 342 g/mol. The van der Waals surface area contributed by atoms with Crippen molar-refractivity contribution >= 4 is 23.9 Å². The summed E-state index contributed by atoms with van der Waals surface area (Å²) in [4.78, 5) is 11.7. The molecule has 5 nitrogen and oxygen atoms in total. The first-order valence-corrected chi connectivity index (χ1v) is 7.57. The zero-order valence-corrected chi connectivity index (χ0v) is 12.0. The number of benzene rings is 1. The summed E-state index contributed by atoms with van der Waals surface area (Å²) < 4.78 is 85.3. The molecule has 0 aromatic heterocycles. The summed E-state index contributed by atoms with van der Waals surface area (Å²) in [7, 11) is -3.50. The van der Waals surface area contributed by atoms with Gasteiger partial charge < -0.3 is 4.74 Å². The minimum atomic E-state index is -5.23. The minimum Gasteiger partial charge on any atom is -0.448 e. The van der Waals surface area contributed by atoms with Crippen LogP contribution in [-0.2, 0) is 21.2 Å². The topological polar surface area (TPSA) is 80.7 Å². The smallest absolute Gasteiger partial charge is 0.426 e. The van der Waals surface area contributed by atoms with Crippen molar-refractivity contribution in [2.75, 3.05) is 5.75 Å². The number of halogens is 4. The third-order valence-corrected chi connectivity index (χ3v) is 3.39. The van der Waals surface area contributed by atoms with Crippen molar-refractivity contribution in [3.8, 4) is 0 Å². The zero-order chi connectivity index (χ0) is 17.1. The fourth-order valence-corrected chi connectivity index (χ4v) is 2.31. The quantitative estimate of drug-likeness (QED) is 0.373. The fraction of sp³-hybridized carbons (Fsp3) is 0.364. The maximum Gasteiger partial charge on any atom is 0.426 e. The lowest BCUT2D eigenvalue weighted by atomic mass is 9.93. The van der Waals surface area contributed by atoms with Crippen LogP contribution in [0.2, 0.25) is 0 Å². The number of carbonyl (C=O) groups is 1. The molecular weight excluding hydrogens is 331 g/mol. The van der Waals surface area contributed by atoms with E-state index in [4.69, 9.17) is 4.55 Å². The van der Waals surface area contributed by atoms with Gasteiger partial charge in [0.15, 0.2) is 0 Å². The predicted molar refractivity (Wildman–Crippen MR) is 70.3 cm³/mol. The summed E-state index contributed by atoms with van der Waals surface area (Å²) in [6.45, 7) is 0. The SMILES string of the molecule is BCc1cccc(F)c1C(=O)OC(CS(=O)(=O)O)C(F)(F)F. The largest absolute Gasteiger partial charge is 0.448 e. The van der Waals surface area contributed by atoms with Gasteiger partial charge in [-0.2, -0.15) is 21.6 Å². The number of ether oxygens (including phenoxy) is 1. The maximum absolute atomic E-state index is 13.6. The summed E-state index contributed by atoms with van der Waals surface area (Å²) in [5, 5.41) is 0. The molecule has 1 rings (SSSR count). The Morgan fingerprint density at radius 2 is 1.95 bits per heavy atom. The third-order valence-electron chi connectivity index (χ3n) is 2.66. The standard InChI is InChI=1S/C11H11BF4O5S/c12-4-6-2-1-3-7(13)9(6)10(17)21-8(11(14,15)16)5-22(18,19)20/h1-3,8H,4-5,12H2,(H,18,19,20). The van der Waals surface area contributed by atoms with Gasteiger partial charge in [0.25, 0.3) is 10.1 Å². The van der Waals surface area contributed by atoms with Gasteiger partial charge >= 0.3 is 12.1 Å². The molecule has 0 heterocycles. The summed E-state index contributed by atoms with van der Waals surface area (Å²) in [6.07, 6.45) is -8.18. The molecule has 0 saturated heterocycles. The lowest BCUT2D eigenvalue weighted by molar-refractivity contribution is -0.197. The predicted octanol–water partition coefficient (Wildman–Crippen LogP) is 0.934. The molecule has 1 aromatic rings. The van der Waals surface area contributed by atoms with E-state index in [9.17, 15) is 30.8 Å². The van der Waals surface area contributed by atoms with Gasteiger partial charge in [0.2, 0.25) is 6.10 Å². The second-order valence-corrected chi connectivity index (χ2v) is 5.81. The molecule has 0 radical (unpaired) electrons. The number of hydrogen-bond acceptors (Lipinski definition) is 4. The van der Waals surface area contributed by atoms with Crippen LogP contribution in [0.5, 0.6) is 0 Å². The Labute approximate surface area is 124 Å². The minimum absolute atomic E-state index is 0.109. The number of rotatable bonds is 5.